The summed E-state index contributed by atoms with van der Waals surface area (Å²) in [6.45, 7) is 0. The van der Waals surface area contributed by atoms with Crippen molar-refractivity contribution >= 4 is 17.0 Å². The lowest BCUT2D eigenvalue weighted by molar-refractivity contribution is 0.0695. The second-order valence-corrected chi connectivity index (χ2v) is 4.86. The largest absolute Gasteiger partial charge is 0.478 e. The van der Waals surface area contributed by atoms with Crippen LogP contribution in [0, 0.1) is 5.82 Å². The Balaban J connectivity index is 2.06. The first-order valence-corrected chi connectivity index (χ1v) is 6.48. The number of rotatable bonds is 3. The van der Waals surface area contributed by atoms with Crippen LogP contribution in [0.15, 0.2) is 42.5 Å². The predicted octanol–water partition coefficient (Wildman–Crippen LogP) is 3.00. The highest BCUT2D eigenvalue weighted by Crippen LogP contribution is 2.19. The predicted molar refractivity (Wildman–Crippen MR) is 76.9 cm³/mol. The third-order valence-electron chi connectivity index (χ3n) is 3.53. The number of carboxylic acids is 1. The van der Waals surface area contributed by atoms with Crippen molar-refractivity contribution in [2.24, 2.45) is 7.05 Å². The molecule has 4 nitrogen and oxygen atoms in total. The van der Waals surface area contributed by atoms with E-state index in [0.717, 1.165) is 22.9 Å². The molecule has 0 bridgehead atoms. The van der Waals surface area contributed by atoms with E-state index in [9.17, 15) is 14.3 Å². The van der Waals surface area contributed by atoms with Crippen molar-refractivity contribution < 1.29 is 14.3 Å². The molecule has 5 heteroatoms. The van der Waals surface area contributed by atoms with E-state index in [1.165, 1.54) is 12.1 Å². The Bertz CT molecular complexity index is 839. The van der Waals surface area contributed by atoms with Gasteiger partial charge in [0.15, 0.2) is 0 Å². The number of nitrogens with zero attached hydrogens (tertiary/aromatic N) is 2. The first-order chi connectivity index (χ1) is 10.1. The van der Waals surface area contributed by atoms with E-state index in [2.05, 4.69) is 4.98 Å². The molecule has 0 fully saturated rings. The maximum atomic E-state index is 13.2. The molecule has 0 spiro atoms. The van der Waals surface area contributed by atoms with Crippen molar-refractivity contribution in [3.05, 3.63) is 65.2 Å². The van der Waals surface area contributed by atoms with Crippen LogP contribution in [0.4, 0.5) is 4.39 Å². The summed E-state index contributed by atoms with van der Waals surface area (Å²) in [7, 11) is 1.88. The molecule has 0 saturated heterocycles. The Kier molecular flexibility index (Phi) is 3.17. The third-order valence-corrected chi connectivity index (χ3v) is 3.53. The molecule has 0 atom stereocenters. The molecule has 2 aromatic carbocycles. The summed E-state index contributed by atoms with van der Waals surface area (Å²) >= 11 is 0. The zero-order chi connectivity index (χ0) is 15.0. The fourth-order valence-electron chi connectivity index (χ4n) is 2.43. The van der Waals surface area contributed by atoms with E-state index in [0.29, 0.717) is 12.0 Å². The first kappa shape index (κ1) is 13.3. The number of hydrogen-bond donors (Lipinski definition) is 1. The van der Waals surface area contributed by atoms with E-state index in [-0.39, 0.29) is 5.56 Å². The number of aromatic nitrogens is 2. The smallest absolute Gasteiger partial charge is 0.336 e. The number of carboxylic acid groups (broad SMARTS) is 1. The lowest BCUT2D eigenvalue weighted by Gasteiger charge is -2.06. The summed E-state index contributed by atoms with van der Waals surface area (Å²) in [5, 5.41) is 9.18. The topological polar surface area (TPSA) is 55.1 Å². The number of aromatic carboxylic acids is 1. The first-order valence-electron chi connectivity index (χ1n) is 6.48. The molecule has 0 unspecified atom stereocenters. The Morgan fingerprint density at radius 2 is 2.05 bits per heavy atom. The van der Waals surface area contributed by atoms with Crippen LogP contribution in [0.3, 0.4) is 0 Å². The molecule has 1 N–H and O–H groups in total. The van der Waals surface area contributed by atoms with Crippen LogP contribution in [-0.4, -0.2) is 20.6 Å². The molecule has 0 radical (unpaired) electrons. The number of imidazole rings is 1. The van der Waals surface area contributed by atoms with Gasteiger partial charge in [0.2, 0.25) is 0 Å². The van der Waals surface area contributed by atoms with Crippen LogP contribution in [0.1, 0.15) is 21.7 Å². The van der Waals surface area contributed by atoms with Gasteiger partial charge in [-0.3, -0.25) is 0 Å². The SMILES string of the molecule is Cn1c(Cc2ccc(F)cc2C(=O)O)nc2ccccc21. The number of hydrogen-bond acceptors (Lipinski definition) is 2. The molecule has 0 aliphatic carbocycles. The molecule has 106 valence electrons. The Morgan fingerprint density at radius 1 is 1.29 bits per heavy atom. The van der Waals surface area contributed by atoms with Gasteiger partial charge in [0, 0.05) is 13.5 Å². The quantitative estimate of drug-likeness (QED) is 0.804. The lowest BCUT2D eigenvalue weighted by Crippen LogP contribution is -2.06. The summed E-state index contributed by atoms with van der Waals surface area (Å²) in [5.74, 6) is -0.949. The van der Waals surface area contributed by atoms with Crippen molar-refractivity contribution in [2.75, 3.05) is 0 Å². The summed E-state index contributed by atoms with van der Waals surface area (Å²) in [5.41, 5.74) is 2.35. The molecule has 1 aromatic heterocycles. The van der Waals surface area contributed by atoms with Crippen LogP contribution >= 0.6 is 0 Å². The number of aryl methyl sites for hydroxylation is 1. The highest BCUT2D eigenvalue weighted by Gasteiger charge is 2.15. The molecule has 3 rings (SSSR count). The average Bonchev–Trinajstić information content (AvgIpc) is 2.78. The maximum Gasteiger partial charge on any atom is 0.336 e. The van der Waals surface area contributed by atoms with Gasteiger partial charge in [-0.25, -0.2) is 14.2 Å². The number of halogens is 1. The van der Waals surface area contributed by atoms with E-state index < -0.39 is 11.8 Å². The zero-order valence-corrected chi connectivity index (χ0v) is 11.4. The van der Waals surface area contributed by atoms with Gasteiger partial charge in [0.25, 0.3) is 0 Å². The van der Waals surface area contributed by atoms with Gasteiger partial charge in [-0.2, -0.15) is 0 Å². The van der Waals surface area contributed by atoms with Crippen molar-refractivity contribution in [2.45, 2.75) is 6.42 Å². The average molecular weight is 284 g/mol. The second kappa shape index (κ2) is 5.01. The molecule has 1 heterocycles. The summed E-state index contributed by atoms with van der Waals surface area (Å²) < 4.78 is 15.1. The van der Waals surface area contributed by atoms with Crippen LogP contribution in [0.25, 0.3) is 11.0 Å². The van der Waals surface area contributed by atoms with Crippen molar-refractivity contribution in [3.8, 4) is 0 Å². The van der Waals surface area contributed by atoms with Gasteiger partial charge in [0.1, 0.15) is 11.6 Å². The molecular formula is C16H13FN2O2. The van der Waals surface area contributed by atoms with Gasteiger partial charge in [-0.05, 0) is 29.8 Å². The number of benzene rings is 2. The molecule has 3 aromatic rings. The third kappa shape index (κ3) is 2.38. The van der Waals surface area contributed by atoms with Gasteiger partial charge in [-0.15, -0.1) is 0 Å². The molecule has 0 amide bonds. The monoisotopic (exact) mass is 284 g/mol. The van der Waals surface area contributed by atoms with Gasteiger partial charge in [0.05, 0.1) is 16.6 Å². The lowest BCUT2D eigenvalue weighted by atomic mass is 10.0. The molecule has 0 aliphatic heterocycles. The van der Waals surface area contributed by atoms with Gasteiger partial charge in [-0.1, -0.05) is 18.2 Å². The van der Waals surface area contributed by atoms with E-state index in [1.807, 2.05) is 35.9 Å². The van der Waals surface area contributed by atoms with Crippen LogP contribution in [0.2, 0.25) is 0 Å². The normalized spacial score (nSPS) is 11.0. The molecule has 0 saturated carbocycles. The van der Waals surface area contributed by atoms with Crippen LogP contribution < -0.4 is 0 Å². The molecule has 0 aliphatic rings. The molecule has 21 heavy (non-hydrogen) atoms. The number of fused-ring (bicyclic) bond motifs is 1. The van der Waals surface area contributed by atoms with E-state index in [1.54, 1.807) is 0 Å². The summed E-state index contributed by atoms with van der Waals surface area (Å²) in [6, 6.07) is 11.5. The van der Waals surface area contributed by atoms with Crippen molar-refractivity contribution in [3.63, 3.8) is 0 Å². The fourth-order valence-corrected chi connectivity index (χ4v) is 2.43. The minimum atomic E-state index is -1.14. The van der Waals surface area contributed by atoms with Gasteiger partial charge >= 0.3 is 5.97 Å². The Morgan fingerprint density at radius 3 is 2.76 bits per heavy atom. The Hall–Kier alpha value is -2.69. The Labute approximate surface area is 120 Å². The number of para-hydroxylation sites is 2. The van der Waals surface area contributed by atoms with Crippen molar-refractivity contribution in [1.29, 1.82) is 0 Å². The van der Waals surface area contributed by atoms with Gasteiger partial charge < -0.3 is 9.67 Å². The minimum absolute atomic E-state index is 0.0259. The highest BCUT2D eigenvalue weighted by atomic mass is 19.1. The zero-order valence-electron chi connectivity index (χ0n) is 11.4. The maximum absolute atomic E-state index is 13.2. The standard InChI is InChI=1S/C16H13FN2O2/c1-19-14-5-3-2-4-13(14)18-15(19)8-10-6-7-11(17)9-12(10)16(20)21/h2-7,9H,8H2,1H3,(H,20,21). The second-order valence-electron chi connectivity index (χ2n) is 4.86. The minimum Gasteiger partial charge on any atom is -0.478 e. The summed E-state index contributed by atoms with van der Waals surface area (Å²) in [6.07, 6.45) is 0.340. The summed E-state index contributed by atoms with van der Waals surface area (Å²) in [4.78, 5) is 15.7. The van der Waals surface area contributed by atoms with Crippen LogP contribution in [0.5, 0.6) is 0 Å². The van der Waals surface area contributed by atoms with E-state index in [4.69, 9.17) is 0 Å². The number of carbonyl (C=O) groups is 1. The van der Waals surface area contributed by atoms with E-state index >= 15 is 0 Å². The van der Waals surface area contributed by atoms with Crippen molar-refractivity contribution in [1.82, 2.24) is 9.55 Å². The highest BCUT2D eigenvalue weighted by molar-refractivity contribution is 5.89. The van der Waals surface area contributed by atoms with Crippen LogP contribution in [-0.2, 0) is 13.5 Å². The molecular weight excluding hydrogens is 271 g/mol. The fraction of sp³-hybridized carbons (Fsp3) is 0.125.